The number of phenolic OH excluding ortho intramolecular Hbond substituents is 1. The maximum atomic E-state index is 11.7. The van der Waals surface area contributed by atoms with Crippen molar-refractivity contribution >= 4 is 0 Å². The number of phenols is 1. The minimum Gasteiger partial charge on any atom is -0.507 e. The summed E-state index contributed by atoms with van der Waals surface area (Å²) in [6.45, 7) is 6.54. The molecule has 5 rings (SSSR count). The third kappa shape index (κ3) is 5.00. The van der Waals surface area contributed by atoms with Gasteiger partial charge in [0.1, 0.15) is 23.1 Å². The van der Waals surface area contributed by atoms with Crippen LogP contribution in [-0.4, -0.2) is 28.9 Å². The minimum absolute atomic E-state index is 0.137. The molecule has 0 aliphatic carbocycles. The predicted octanol–water partition coefficient (Wildman–Crippen LogP) is 8.11. The number of aromatic hydroxyl groups is 1. The van der Waals surface area contributed by atoms with Crippen LogP contribution in [0.15, 0.2) is 91.0 Å². The second-order valence-electron chi connectivity index (χ2n) is 10.7. The van der Waals surface area contributed by atoms with Crippen molar-refractivity contribution in [1.29, 1.82) is 0 Å². The fourth-order valence-electron chi connectivity index (χ4n) is 4.89. The molecule has 0 aliphatic rings. The molecule has 39 heavy (non-hydrogen) atoms. The van der Waals surface area contributed by atoms with Crippen LogP contribution in [0, 0.1) is 0 Å². The van der Waals surface area contributed by atoms with Crippen molar-refractivity contribution in [2.45, 2.75) is 26.2 Å². The summed E-state index contributed by atoms with van der Waals surface area (Å²) in [5.41, 5.74) is 6.99. The van der Waals surface area contributed by atoms with Crippen molar-refractivity contribution in [3.8, 4) is 62.3 Å². The van der Waals surface area contributed by atoms with Crippen molar-refractivity contribution < 1.29 is 14.6 Å². The first-order valence-electron chi connectivity index (χ1n) is 13.0. The number of imidazole rings is 1. The lowest BCUT2D eigenvalue weighted by atomic mass is 9.83. The van der Waals surface area contributed by atoms with E-state index in [1.165, 1.54) is 0 Å². The van der Waals surface area contributed by atoms with Gasteiger partial charge in [-0.1, -0.05) is 75.4 Å². The van der Waals surface area contributed by atoms with E-state index in [0.29, 0.717) is 11.4 Å². The first-order valence-corrected chi connectivity index (χ1v) is 13.0. The summed E-state index contributed by atoms with van der Waals surface area (Å²) >= 11 is 0. The van der Waals surface area contributed by atoms with E-state index < -0.39 is 0 Å². The molecule has 5 aromatic rings. The van der Waals surface area contributed by atoms with Crippen molar-refractivity contribution in [3.05, 3.63) is 96.6 Å². The lowest BCUT2D eigenvalue weighted by Gasteiger charge is -2.22. The van der Waals surface area contributed by atoms with Gasteiger partial charge in [0, 0.05) is 23.7 Å². The van der Waals surface area contributed by atoms with Gasteiger partial charge >= 0.3 is 0 Å². The number of hydrogen-bond acceptors (Lipinski definition) is 4. The molecule has 0 saturated carbocycles. The van der Waals surface area contributed by atoms with E-state index in [4.69, 9.17) is 14.5 Å². The van der Waals surface area contributed by atoms with Crippen molar-refractivity contribution in [2.75, 3.05) is 14.2 Å². The van der Waals surface area contributed by atoms with Crippen molar-refractivity contribution in [3.63, 3.8) is 0 Å². The average Bonchev–Trinajstić information content (AvgIpc) is 3.29. The molecular weight excluding hydrogens is 484 g/mol. The van der Waals surface area contributed by atoms with Gasteiger partial charge in [0.15, 0.2) is 0 Å². The summed E-state index contributed by atoms with van der Waals surface area (Å²) in [6, 6.07) is 30.0. The summed E-state index contributed by atoms with van der Waals surface area (Å²) in [5, 5.41) is 11.7. The molecule has 1 heterocycles. The number of ether oxygens (including phenoxy) is 2. The Morgan fingerprint density at radius 3 is 1.87 bits per heavy atom. The zero-order chi connectivity index (χ0) is 27.7. The van der Waals surface area contributed by atoms with Gasteiger partial charge in [0.05, 0.1) is 31.2 Å². The monoisotopic (exact) mass is 518 g/mol. The minimum atomic E-state index is -0.137. The highest BCUT2D eigenvalue weighted by Gasteiger charge is 2.25. The zero-order valence-electron chi connectivity index (χ0n) is 23.3. The Morgan fingerprint density at radius 2 is 1.26 bits per heavy atom. The van der Waals surface area contributed by atoms with Crippen LogP contribution in [0.5, 0.6) is 17.2 Å². The van der Waals surface area contributed by atoms with Gasteiger partial charge in [-0.3, -0.25) is 0 Å². The molecule has 0 radical (unpaired) electrons. The standard InChI is InChI=1S/C34H34N2O3/c1-34(2,3)25-20-28(22-12-8-7-9-13-22)32(37)29(21-25)33-35-30(23-14-10-16-26(18-23)38-5)31(36(33)4)24-15-11-17-27(19-24)39-6/h7-21,37H,1-6H3. The molecule has 0 atom stereocenters. The molecular formula is C34H34N2O3. The van der Waals surface area contributed by atoms with Crippen LogP contribution in [0.4, 0.5) is 0 Å². The molecule has 0 saturated heterocycles. The third-order valence-corrected chi connectivity index (χ3v) is 7.08. The van der Waals surface area contributed by atoms with Gasteiger partial charge in [-0.25, -0.2) is 4.98 Å². The van der Waals surface area contributed by atoms with Crippen LogP contribution in [-0.2, 0) is 12.5 Å². The average molecular weight is 519 g/mol. The van der Waals surface area contributed by atoms with Gasteiger partial charge in [0.2, 0.25) is 0 Å². The van der Waals surface area contributed by atoms with Crippen LogP contribution in [0.3, 0.4) is 0 Å². The van der Waals surface area contributed by atoms with Crippen LogP contribution < -0.4 is 9.47 Å². The maximum Gasteiger partial charge on any atom is 0.144 e. The first kappa shape index (κ1) is 26.1. The summed E-state index contributed by atoms with van der Waals surface area (Å²) in [5.74, 6) is 2.39. The molecule has 5 nitrogen and oxygen atoms in total. The molecule has 1 aromatic heterocycles. The second-order valence-corrected chi connectivity index (χ2v) is 10.7. The molecule has 0 bridgehead atoms. The molecule has 0 spiro atoms. The smallest absolute Gasteiger partial charge is 0.144 e. The SMILES string of the molecule is COc1cccc(-c2nc(-c3cc(C(C)(C)C)cc(-c4ccccc4)c3O)n(C)c2-c2cccc(OC)c2)c1. The van der Waals surface area contributed by atoms with E-state index in [1.54, 1.807) is 14.2 Å². The molecule has 0 amide bonds. The first-order chi connectivity index (χ1) is 18.7. The highest BCUT2D eigenvalue weighted by Crippen LogP contribution is 2.44. The molecule has 1 N–H and O–H groups in total. The zero-order valence-corrected chi connectivity index (χ0v) is 23.3. The molecule has 0 unspecified atom stereocenters. The van der Waals surface area contributed by atoms with E-state index >= 15 is 0 Å². The quantitative estimate of drug-likeness (QED) is 0.247. The van der Waals surface area contributed by atoms with Crippen molar-refractivity contribution in [2.24, 2.45) is 7.05 Å². The number of benzene rings is 4. The number of hydrogen-bond donors (Lipinski definition) is 1. The highest BCUT2D eigenvalue weighted by atomic mass is 16.5. The third-order valence-electron chi connectivity index (χ3n) is 7.08. The fourth-order valence-corrected chi connectivity index (χ4v) is 4.89. The van der Waals surface area contributed by atoms with E-state index in [9.17, 15) is 5.11 Å². The van der Waals surface area contributed by atoms with Gasteiger partial charge in [-0.05, 0) is 52.9 Å². The summed E-state index contributed by atoms with van der Waals surface area (Å²) in [6.07, 6.45) is 0. The Labute approximate surface area is 230 Å². The Hall–Kier alpha value is -4.51. The lowest BCUT2D eigenvalue weighted by Crippen LogP contribution is -2.12. The van der Waals surface area contributed by atoms with E-state index in [1.807, 2.05) is 85.9 Å². The normalized spacial score (nSPS) is 11.4. The molecule has 4 aromatic carbocycles. The lowest BCUT2D eigenvalue weighted by molar-refractivity contribution is 0.415. The number of rotatable bonds is 6. The van der Waals surface area contributed by atoms with Crippen LogP contribution in [0.2, 0.25) is 0 Å². The topological polar surface area (TPSA) is 56.5 Å². The van der Waals surface area contributed by atoms with Gasteiger partial charge in [-0.2, -0.15) is 0 Å². The summed E-state index contributed by atoms with van der Waals surface area (Å²) < 4.78 is 13.1. The summed E-state index contributed by atoms with van der Waals surface area (Å²) in [7, 11) is 5.32. The van der Waals surface area contributed by atoms with Crippen LogP contribution in [0.1, 0.15) is 26.3 Å². The maximum absolute atomic E-state index is 11.7. The van der Waals surface area contributed by atoms with Crippen LogP contribution in [0.25, 0.3) is 45.0 Å². The van der Waals surface area contributed by atoms with Crippen molar-refractivity contribution in [1.82, 2.24) is 9.55 Å². The number of nitrogens with zero attached hydrogens (tertiary/aromatic N) is 2. The van der Waals surface area contributed by atoms with Gasteiger partial charge < -0.3 is 19.1 Å². The second kappa shape index (κ2) is 10.3. The number of methoxy groups -OCH3 is 2. The van der Waals surface area contributed by atoms with Crippen LogP contribution >= 0.6 is 0 Å². The Kier molecular flexibility index (Phi) is 6.92. The Bertz CT molecular complexity index is 1630. The molecule has 0 aliphatic heterocycles. The van der Waals surface area contributed by atoms with Gasteiger partial charge in [-0.15, -0.1) is 0 Å². The van der Waals surface area contributed by atoms with E-state index in [-0.39, 0.29) is 11.2 Å². The largest absolute Gasteiger partial charge is 0.507 e. The fraction of sp³-hybridized carbons (Fsp3) is 0.206. The summed E-state index contributed by atoms with van der Waals surface area (Å²) in [4.78, 5) is 5.18. The van der Waals surface area contributed by atoms with E-state index in [0.717, 1.165) is 50.7 Å². The molecule has 0 fully saturated rings. The van der Waals surface area contributed by atoms with E-state index in [2.05, 4.69) is 37.5 Å². The van der Waals surface area contributed by atoms with Gasteiger partial charge in [0.25, 0.3) is 0 Å². The Balaban J connectivity index is 1.82. The molecule has 198 valence electrons. The highest BCUT2D eigenvalue weighted by molar-refractivity contribution is 5.87. The molecule has 5 heteroatoms. The predicted molar refractivity (Wildman–Crippen MR) is 158 cm³/mol. The number of aromatic nitrogens is 2. The Morgan fingerprint density at radius 1 is 0.692 bits per heavy atom.